The Morgan fingerprint density at radius 2 is 0.867 bits per heavy atom. The maximum Gasteiger partial charge on any atom is 3.00 e. The average Bonchev–Trinajstić information content (AvgIpc) is 1.90. The second kappa shape index (κ2) is 29.2. The van der Waals surface area contributed by atoms with Crippen molar-refractivity contribution in [3.05, 3.63) is 0 Å². The van der Waals surface area contributed by atoms with Crippen molar-refractivity contribution in [2.45, 2.75) is 40.0 Å². The maximum atomic E-state index is 2.54. The predicted octanol–water partition coefficient (Wildman–Crippen LogP) is -6.70. The standard InChI is InChI=1S/C9H21N.B.4FH/c1-4-7-10(8-5-2)9-6-3;;;;;/h4-9H2,1-3H3;;4*1H/q;+3;;;;/p-3. The third-order valence-electron chi connectivity index (χ3n) is 1.62. The smallest absolute Gasteiger partial charge is 1.00 e. The molecule has 0 aliphatic carbocycles. The van der Waals surface area contributed by atoms with Crippen molar-refractivity contribution >= 4 is 8.41 Å². The molecule has 0 aliphatic heterocycles. The summed E-state index contributed by atoms with van der Waals surface area (Å²) in [4.78, 5) is 2.54. The van der Waals surface area contributed by atoms with E-state index in [-0.39, 0.29) is 27.2 Å². The van der Waals surface area contributed by atoms with E-state index >= 15 is 0 Å². The minimum Gasteiger partial charge on any atom is -1.00 e. The summed E-state index contributed by atoms with van der Waals surface area (Å²) in [5.41, 5.74) is 0. The Hall–Kier alpha value is -0.255. The molecule has 94 valence electrons. The Balaban J connectivity index is -0.0000000405. The molecule has 0 aromatic heterocycles. The summed E-state index contributed by atoms with van der Waals surface area (Å²) in [6.45, 7) is 10.6. The molecule has 0 saturated heterocycles. The van der Waals surface area contributed by atoms with Crippen molar-refractivity contribution in [3.63, 3.8) is 0 Å². The molecule has 0 N–H and O–H groups in total. The fourth-order valence-electron chi connectivity index (χ4n) is 1.28. The van der Waals surface area contributed by atoms with Gasteiger partial charge in [0.2, 0.25) is 0 Å². The Morgan fingerprint density at radius 1 is 0.667 bits per heavy atom. The average molecular weight is 231 g/mol. The van der Waals surface area contributed by atoms with Crippen molar-refractivity contribution in [1.82, 2.24) is 4.90 Å². The van der Waals surface area contributed by atoms with Crippen LogP contribution in [0.2, 0.25) is 0 Å². The van der Waals surface area contributed by atoms with E-state index in [9.17, 15) is 0 Å². The summed E-state index contributed by atoms with van der Waals surface area (Å²) in [6.07, 6.45) is 3.88. The molecule has 0 heterocycles. The number of halogens is 4. The molecule has 0 aliphatic rings. The fourth-order valence-corrected chi connectivity index (χ4v) is 1.28. The number of rotatable bonds is 6. The quantitative estimate of drug-likeness (QED) is 0.324. The SMILES string of the molecule is CCCN(CCC)CCC.F.[B+3].[F-].[F-].[F-]. The van der Waals surface area contributed by atoms with Crippen LogP contribution in [0, 0.1) is 0 Å². The molecule has 0 radical (unpaired) electrons. The summed E-state index contributed by atoms with van der Waals surface area (Å²) in [6, 6.07) is 0. The molecule has 0 amide bonds. The van der Waals surface area contributed by atoms with E-state index in [1.165, 1.54) is 38.9 Å². The van der Waals surface area contributed by atoms with Crippen LogP contribution in [0.25, 0.3) is 0 Å². The number of hydrogen-bond donors (Lipinski definition) is 0. The van der Waals surface area contributed by atoms with Gasteiger partial charge in [0.1, 0.15) is 0 Å². The zero-order chi connectivity index (χ0) is 7.82. The third kappa shape index (κ3) is 24.8. The summed E-state index contributed by atoms with van der Waals surface area (Å²) in [7, 11) is 0. The van der Waals surface area contributed by atoms with Gasteiger partial charge in [-0.25, -0.2) is 0 Å². The molecule has 0 atom stereocenters. The molecule has 0 rings (SSSR count). The van der Waals surface area contributed by atoms with Crippen LogP contribution in [0.5, 0.6) is 0 Å². The van der Waals surface area contributed by atoms with Crippen molar-refractivity contribution in [2.24, 2.45) is 0 Å². The van der Waals surface area contributed by atoms with Crippen LogP contribution in [0.4, 0.5) is 4.70 Å². The van der Waals surface area contributed by atoms with Crippen LogP contribution >= 0.6 is 0 Å². The Bertz CT molecular complexity index is 64.9. The second-order valence-electron chi connectivity index (χ2n) is 2.84. The number of nitrogens with zero attached hydrogens (tertiary/aromatic N) is 1. The first-order chi connectivity index (χ1) is 4.85. The van der Waals surface area contributed by atoms with E-state index in [1.807, 2.05) is 0 Å². The van der Waals surface area contributed by atoms with Crippen molar-refractivity contribution in [3.8, 4) is 0 Å². The Labute approximate surface area is 92.7 Å². The van der Waals surface area contributed by atoms with Gasteiger partial charge in [0.05, 0.1) is 0 Å². The molecule has 0 spiro atoms. The molecule has 0 saturated carbocycles. The molecule has 0 unspecified atom stereocenters. The predicted molar refractivity (Wildman–Crippen MR) is 55.6 cm³/mol. The fraction of sp³-hybridized carbons (Fsp3) is 1.00. The van der Waals surface area contributed by atoms with E-state index in [2.05, 4.69) is 25.7 Å². The summed E-state index contributed by atoms with van der Waals surface area (Å²) < 4.78 is 0. The molecule has 0 bridgehead atoms. The van der Waals surface area contributed by atoms with Gasteiger partial charge in [0.15, 0.2) is 0 Å². The van der Waals surface area contributed by atoms with Crippen LogP contribution in [0.1, 0.15) is 40.0 Å². The van der Waals surface area contributed by atoms with Crippen molar-refractivity contribution in [2.75, 3.05) is 19.6 Å². The van der Waals surface area contributed by atoms with E-state index in [1.54, 1.807) is 0 Å². The monoisotopic (exact) mass is 231 g/mol. The van der Waals surface area contributed by atoms with Crippen LogP contribution in [-0.4, -0.2) is 32.9 Å². The third-order valence-corrected chi connectivity index (χ3v) is 1.62. The Kier molecular flexibility index (Phi) is 70.9. The molecular weight excluding hydrogens is 209 g/mol. The first kappa shape index (κ1) is 36.4. The van der Waals surface area contributed by atoms with Crippen LogP contribution in [0.3, 0.4) is 0 Å². The molecule has 15 heavy (non-hydrogen) atoms. The van der Waals surface area contributed by atoms with Gasteiger partial charge >= 0.3 is 8.41 Å². The van der Waals surface area contributed by atoms with Crippen molar-refractivity contribution in [1.29, 1.82) is 0 Å². The minimum absolute atomic E-state index is 0. The van der Waals surface area contributed by atoms with E-state index in [0.29, 0.717) is 0 Å². The topological polar surface area (TPSA) is 3.24 Å². The molecular formula is C9H22BF4N. The molecule has 6 heteroatoms. The van der Waals surface area contributed by atoms with Crippen LogP contribution < -0.4 is 14.1 Å². The van der Waals surface area contributed by atoms with Gasteiger partial charge < -0.3 is 19.0 Å². The van der Waals surface area contributed by atoms with Gasteiger partial charge in [-0.2, -0.15) is 0 Å². The van der Waals surface area contributed by atoms with Gasteiger partial charge in [0, 0.05) is 0 Å². The van der Waals surface area contributed by atoms with Crippen LogP contribution in [-0.2, 0) is 0 Å². The molecule has 0 aromatic rings. The first-order valence-corrected chi connectivity index (χ1v) is 4.57. The van der Waals surface area contributed by atoms with E-state index in [0.717, 1.165) is 0 Å². The minimum atomic E-state index is 0. The van der Waals surface area contributed by atoms with Gasteiger partial charge in [0.25, 0.3) is 0 Å². The molecule has 0 fully saturated rings. The van der Waals surface area contributed by atoms with Crippen molar-refractivity contribution < 1.29 is 18.8 Å². The van der Waals surface area contributed by atoms with Crippen LogP contribution in [0.15, 0.2) is 0 Å². The second-order valence-corrected chi connectivity index (χ2v) is 2.84. The summed E-state index contributed by atoms with van der Waals surface area (Å²) >= 11 is 0. The zero-order valence-electron chi connectivity index (χ0n) is 9.81. The maximum absolute atomic E-state index is 2.54. The van der Waals surface area contributed by atoms with Gasteiger partial charge in [-0.1, -0.05) is 20.8 Å². The van der Waals surface area contributed by atoms with E-state index in [4.69, 9.17) is 0 Å². The first-order valence-electron chi connectivity index (χ1n) is 4.57. The molecule has 1 nitrogen and oxygen atoms in total. The summed E-state index contributed by atoms with van der Waals surface area (Å²) in [5, 5.41) is 0. The normalized spacial score (nSPS) is 7.20. The van der Waals surface area contributed by atoms with Gasteiger partial charge in [-0.05, 0) is 38.9 Å². The molecule has 0 aromatic carbocycles. The number of hydrogen-bond acceptors (Lipinski definition) is 1. The van der Waals surface area contributed by atoms with E-state index < -0.39 is 0 Å². The van der Waals surface area contributed by atoms with Gasteiger partial charge in [-0.15, -0.1) is 0 Å². The largest absolute Gasteiger partial charge is 3.00 e. The summed E-state index contributed by atoms with van der Waals surface area (Å²) in [5.74, 6) is 0. The Morgan fingerprint density at radius 3 is 1.00 bits per heavy atom. The zero-order valence-corrected chi connectivity index (χ0v) is 9.81. The van der Waals surface area contributed by atoms with Gasteiger partial charge in [-0.3, -0.25) is 4.70 Å².